The second-order valence-electron chi connectivity index (χ2n) is 4.60. The Labute approximate surface area is 133 Å². The lowest BCUT2D eigenvalue weighted by atomic mass is 10.1. The molecule has 0 saturated carbocycles. The van der Waals surface area contributed by atoms with Crippen molar-refractivity contribution in [3.8, 4) is 0 Å². The number of benzene rings is 2. The molecule has 0 aliphatic rings. The number of methoxy groups -OCH3 is 1. The average Bonchev–Trinajstić information content (AvgIpc) is 2.53. The van der Waals surface area contributed by atoms with Crippen molar-refractivity contribution in [2.45, 2.75) is 4.90 Å². The number of ether oxygens (including phenoxy) is 1. The van der Waals surface area contributed by atoms with Gasteiger partial charge in [-0.3, -0.25) is 4.79 Å². The third-order valence-electron chi connectivity index (χ3n) is 2.99. The summed E-state index contributed by atoms with van der Waals surface area (Å²) in [7, 11) is -2.54. The Morgan fingerprint density at radius 1 is 1.04 bits per heavy atom. The summed E-state index contributed by atoms with van der Waals surface area (Å²) in [5, 5.41) is 7.60. The maximum Gasteiger partial charge on any atom is 0.337 e. The minimum atomic E-state index is -3.81. The molecular weight excluding hydrogens is 320 g/mol. The van der Waals surface area contributed by atoms with Crippen molar-refractivity contribution in [2.24, 2.45) is 5.14 Å². The van der Waals surface area contributed by atoms with E-state index in [2.05, 4.69) is 10.1 Å². The summed E-state index contributed by atoms with van der Waals surface area (Å²) < 4.78 is 26.9. The first-order valence-electron chi connectivity index (χ1n) is 6.44. The normalized spacial score (nSPS) is 10.9. The van der Waals surface area contributed by atoms with Crippen LogP contribution >= 0.6 is 0 Å². The van der Waals surface area contributed by atoms with Gasteiger partial charge in [0.05, 0.1) is 17.6 Å². The molecule has 1 amide bonds. The Morgan fingerprint density at radius 3 is 2.26 bits per heavy atom. The maximum absolute atomic E-state index is 12.1. The Morgan fingerprint density at radius 2 is 1.70 bits per heavy atom. The molecular formula is C15H14N2O5S. The summed E-state index contributed by atoms with van der Waals surface area (Å²) in [6.07, 6.45) is 0. The molecule has 3 N–H and O–H groups in total. The summed E-state index contributed by atoms with van der Waals surface area (Å²) in [6.45, 7) is 0. The van der Waals surface area contributed by atoms with Gasteiger partial charge >= 0.3 is 5.97 Å². The molecule has 0 aromatic heterocycles. The number of carbonyl (C=O) groups excluding carboxylic acids is 2. The summed E-state index contributed by atoms with van der Waals surface area (Å²) in [6, 6.07) is 11.4. The van der Waals surface area contributed by atoms with E-state index in [0.717, 1.165) is 0 Å². The molecule has 2 aromatic rings. The largest absolute Gasteiger partial charge is 0.465 e. The summed E-state index contributed by atoms with van der Waals surface area (Å²) in [5.74, 6) is -0.966. The number of hydrogen-bond acceptors (Lipinski definition) is 5. The number of sulfonamides is 1. The van der Waals surface area contributed by atoms with E-state index in [-0.39, 0.29) is 10.5 Å². The van der Waals surface area contributed by atoms with Crippen molar-refractivity contribution >= 4 is 27.6 Å². The molecule has 2 aromatic carbocycles. The van der Waals surface area contributed by atoms with Crippen LogP contribution in [0.2, 0.25) is 0 Å². The zero-order valence-corrected chi connectivity index (χ0v) is 13.0. The monoisotopic (exact) mass is 334 g/mol. The second-order valence-corrected chi connectivity index (χ2v) is 6.16. The smallest absolute Gasteiger partial charge is 0.337 e. The number of hydrogen-bond donors (Lipinski definition) is 2. The van der Waals surface area contributed by atoms with Crippen molar-refractivity contribution in [3.05, 3.63) is 59.7 Å². The molecule has 0 atom stereocenters. The highest BCUT2D eigenvalue weighted by molar-refractivity contribution is 7.89. The van der Waals surface area contributed by atoms with Gasteiger partial charge in [0.25, 0.3) is 5.91 Å². The van der Waals surface area contributed by atoms with Crippen LogP contribution in [0.3, 0.4) is 0 Å². The standard InChI is InChI=1S/C15H14N2O5S/c1-22-15(19)11-3-2-4-12(9-11)17-14(18)10-5-7-13(8-6-10)23(16,20)21/h2-9H,1H3,(H,17,18)(H2,16,20,21). The Kier molecular flexibility index (Phi) is 4.77. The van der Waals surface area contributed by atoms with Gasteiger partial charge in [0, 0.05) is 11.3 Å². The lowest BCUT2D eigenvalue weighted by Gasteiger charge is -2.07. The quantitative estimate of drug-likeness (QED) is 0.819. The van der Waals surface area contributed by atoms with Crippen molar-refractivity contribution in [1.82, 2.24) is 0 Å². The van der Waals surface area contributed by atoms with Gasteiger partial charge in [-0.2, -0.15) is 0 Å². The number of esters is 1. The third-order valence-corrected chi connectivity index (χ3v) is 3.92. The zero-order chi connectivity index (χ0) is 17.0. The van der Waals surface area contributed by atoms with Crippen LogP contribution < -0.4 is 10.5 Å². The van der Waals surface area contributed by atoms with Crippen LogP contribution in [0.4, 0.5) is 5.69 Å². The number of rotatable bonds is 4. The fourth-order valence-corrected chi connectivity index (χ4v) is 2.36. The van der Waals surface area contributed by atoms with Crippen molar-refractivity contribution < 1.29 is 22.7 Å². The Balaban J connectivity index is 2.18. The number of nitrogens with two attached hydrogens (primary N) is 1. The highest BCUT2D eigenvalue weighted by Crippen LogP contribution is 2.14. The molecule has 0 unspecified atom stereocenters. The van der Waals surface area contributed by atoms with E-state index in [1.54, 1.807) is 18.2 Å². The molecule has 120 valence electrons. The van der Waals surface area contributed by atoms with Crippen LogP contribution in [-0.2, 0) is 14.8 Å². The molecule has 0 aliphatic carbocycles. The van der Waals surface area contributed by atoms with Gasteiger partial charge in [0.1, 0.15) is 0 Å². The molecule has 0 heterocycles. The molecule has 0 aliphatic heterocycles. The van der Waals surface area contributed by atoms with E-state index >= 15 is 0 Å². The number of nitrogens with one attached hydrogen (secondary N) is 1. The lowest BCUT2D eigenvalue weighted by Crippen LogP contribution is -2.14. The Bertz CT molecular complexity index is 844. The molecule has 7 nitrogen and oxygen atoms in total. The van der Waals surface area contributed by atoms with Gasteiger partial charge in [-0.15, -0.1) is 0 Å². The van der Waals surface area contributed by atoms with E-state index < -0.39 is 21.9 Å². The van der Waals surface area contributed by atoms with Crippen LogP contribution in [0.5, 0.6) is 0 Å². The third kappa shape index (κ3) is 4.15. The van der Waals surface area contributed by atoms with Gasteiger partial charge in [-0.25, -0.2) is 18.4 Å². The van der Waals surface area contributed by atoms with Gasteiger partial charge in [-0.05, 0) is 42.5 Å². The molecule has 0 radical (unpaired) electrons. The van der Waals surface area contributed by atoms with Crippen molar-refractivity contribution in [1.29, 1.82) is 0 Å². The topological polar surface area (TPSA) is 116 Å². The van der Waals surface area contributed by atoms with Crippen LogP contribution in [0.25, 0.3) is 0 Å². The van der Waals surface area contributed by atoms with E-state index in [9.17, 15) is 18.0 Å². The summed E-state index contributed by atoms with van der Waals surface area (Å²) in [4.78, 5) is 23.5. The molecule has 0 spiro atoms. The molecule has 0 bridgehead atoms. The fraction of sp³-hybridized carbons (Fsp3) is 0.0667. The van der Waals surface area contributed by atoms with Gasteiger partial charge in [-0.1, -0.05) is 6.07 Å². The van der Waals surface area contributed by atoms with Crippen LogP contribution in [0.1, 0.15) is 20.7 Å². The first-order chi connectivity index (χ1) is 10.8. The van der Waals surface area contributed by atoms with E-state index in [4.69, 9.17) is 5.14 Å². The minimum Gasteiger partial charge on any atom is -0.465 e. The zero-order valence-electron chi connectivity index (χ0n) is 12.1. The van der Waals surface area contributed by atoms with Crippen molar-refractivity contribution in [3.63, 3.8) is 0 Å². The second kappa shape index (κ2) is 6.59. The fourth-order valence-electron chi connectivity index (χ4n) is 1.84. The molecule has 0 fully saturated rings. The SMILES string of the molecule is COC(=O)c1cccc(NC(=O)c2ccc(S(N)(=O)=O)cc2)c1. The Hall–Kier alpha value is -2.71. The summed E-state index contributed by atoms with van der Waals surface area (Å²) >= 11 is 0. The number of primary sulfonamides is 1. The average molecular weight is 334 g/mol. The predicted octanol–water partition coefficient (Wildman–Crippen LogP) is 1.37. The maximum atomic E-state index is 12.1. The van der Waals surface area contributed by atoms with Crippen LogP contribution in [0.15, 0.2) is 53.4 Å². The lowest BCUT2D eigenvalue weighted by molar-refractivity contribution is 0.0600. The molecule has 0 saturated heterocycles. The minimum absolute atomic E-state index is 0.0817. The van der Waals surface area contributed by atoms with Gasteiger partial charge in [0.2, 0.25) is 10.0 Å². The van der Waals surface area contributed by atoms with E-state index in [1.165, 1.54) is 37.4 Å². The van der Waals surface area contributed by atoms with E-state index in [1.807, 2.05) is 0 Å². The van der Waals surface area contributed by atoms with Crippen LogP contribution in [0, 0.1) is 0 Å². The molecule has 8 heteroatoms. The van der Waals surface area contributed by atoms with Crippen molar-refractivity contribution in [2.75, 3.05) is 12.4 Å². The number of carbonyl (C=O) groups is 2. The van der Waals surface area contributed by atoms with Crippen LogP contribution in [-0.4, -0.2) is 27.4 Å². The highest BCUT2D eigenvalue weighted by atomic mass is 32.2. The number of amides is 1. The first kappa shape index (κ1) is 16.7. The van der Waals surface area contributed by atoms with E-state index in [0.29, 0.717) is 11.3 Å². The molecule has 2 rings (SSSR count). The summed E-state index contributed by atoms with van der Waals surface area (Å²) in [5.41, 5.74) is 0.962. The highest BCUT2D eigenvalue weighted by Gasteiger charge is 2.11. The predicted molar refractivity (Wildman–Crippen MR) is 83.5 cm³/mol. The number of anilines is 1. The first-order valence-corrected chi connectivity index (χ1v) is 7.98. The van der Waals surface area contributed by atoms with Gasteiger partial charge in [0.15, 0.2) is 0 Å². The molecule has 23 heavy (non-hydrogen) atoms. The van der Waals surface area contributed by atoms with Gasteiger partial charge < -0.3 is 10.1 Å².